The molecule has 0 atom stereocenters. The van der Waals surface area contributed by atoms with Gasteiger partial charge in [-0.05, 0) is 37.4 Å². The van der Waals surface area contributed by atoms with E-state index in [0.29, 0.717) is 5.56 Å². The number of amides is 1. The van der Waals surface area contributed by atoms with Gasteiger partial charge in [0, 0.05) is 37.1 Å². The van der Waals surface area contributed by atoms with E-state index in [2.05, 4.69) is 32.1 Å². The zero-order valence-corrected chi connectivity index (χ0v) is 15.1. The number of imidazole rings is 1. The molecule has 0 unspecified atom stereocenters. The average molecular weight is 360 g/mol. The molecule has 7 nitrogen and oxygen atoms in total. The Balaban J connectivity index is 1.48. The second-order valence-electron chi connectivity index (χ2n) is 7.03. The highest BCUT2D eigenvalue weighted by Gasteiger charge is 2.21. The first kappa shape index (κ1) is 16.0. The number of para-hydroxylation sites is 2. The van der Waals surface area contributed by atoms with Crippen LogP contribution >= 0.6 is 0 Å². The van der Waals surface area contributed by atoms with Gasteiger partial charge >= 0.3 is 0 Å². The second kappa shape index (κ2) is 6.21. The van der Waals surface area contributed by atoms with E-state index in [1.54, 1.807) is 0 Å². The number of nitrogens with one attached hydrogen (secondary N) is 2. The average Bonchev–Trinajstić information content (AvgIpc) is 3.31. The molecular weight excluding hydrogens is 340 g/mol. The third-order valence-electron chi connectivity index (χ3n) is 5.21. The van der Waals surface area contributed by atoms with E-state index in [0.717, 1.165) is 59.6 Å². The molecule has 27 heavy (non-hydrogen) atoms. The van der Waals surface area contributed by atoms with Gasteiger partial charge in [0.05, 0.1) is 16.6 Å². The Kier molecular flexibility index (Phi) is 3.68. The van der Waals surface area contributed by atoms with E-state index in [-0.39, 0.29) is 5.91 Å². The third kappa shape index (κ3) is 2.76. The summed E-state index contributed by atoms with van der Waals surface area (Å²) in [5.41, 5.74) is 4.17. The highest BCUT2D eigenvalue weighted by atomic mass is 16.2. The smallest absolute Gasteiger partial charge is 0.254 e. The number of fused-ring (bicyclic) bond motifs is 2. The van der Waals surface area contributed by atoms with Crippen LogP contribution in [0.1, 0.15) is 10.4 Å². The van der Waals surface area contributed by atoms with Crippen molar-refractivity contribution in [2.45, 2.75) is 0 Å². The van der Waals surface area contributed by atoms with Crippen molar-refractivity contribution in [2.75, 3.05) is 33.2 Å². The van der Waals surface area contributed by atoms with Crippen molar-refractivity contribution < 1.29 is 4.79 Å². The van der Waals surface area contributed by atoms with Crippen LogP contribution in [0.4, 0.5) is 0 Å². The quantitative estimate of drug-likeness (QED) is 0.575. The summed E-state index contributed by atoms with van der Waals surface area (Å²) in [5.74, 6) is 0.797. The maximum atomic E-state index is 12.8. The molecule has 2 aromatic carbocycles. The number of hydrogen-bond donors (Lipinski definition) is 2. The Morgan fingerprint density at radius 1 is 1.04 bits per heavy atom. The van der Waals surface area contributed by atoms with Gasteiger partial charge in [-0.25, -0.2) is 4.98 Å². The number of rotatable bonds is 2. The molecule has 0 saturated carbocycles. The van der Waals surface area contributed by atoms with Crippen molar-refractivity contribution in [3.63, 3.8) is 0 Å². The van der Waals surface area contributed by atoms with Gasteiger partial charge in [0.15, 0.2) is 5.82 Å². The number of H-pyrrole nitrogens is 2. The van der Waals surface area contributed by atoms with Crippen molar-refractivity contribution in [1.82, 2.24) is 30.0 Å². The van der Waals surface area contributed by atoms with E-state index in [1.165, 1.54) is 0 Å². The number of aromatic amines is 2. The maximum absolute atomic E-state index is 12.8. The van der Waals surface area contributed by atoms with Gasteiger partial charge in [-0.3, -0.25) is 9.89 Å². The molecule has 1 saturated heterocycles. The largest absolute Gasteiger partial charge is 0.337 e. The van der Waals surface area contributed by atoms with Crippen LogP contribution in [-0.4, -0.2) is 69.1 Å². The van der Waals surface area contributed by atoms with Crippen LogP contribution in [0.2, 0.25) is 0 Å². The molecule has 0 bridgehead atoms. The molecular formula is C20H20N6O. The molecule has 2 aromatic heterocycles. The molecule has 1 fully saturated rings. The maximum Gasteiger partial charge on any atom is 0.254 e. The monoisotopic (exact) mass is 360 g/mol. The summed E-state index contributed by atoms with van der Waals surface area (Å²) in [6.07, 6.45) is 0. The molecule has 2 N–H and O–H groups in total. The Hall–Kier alpha value is -3.19. The summed E-state index contributed by atoms with van der Waals surface area (Å²) < 4.78 is 0. The lowest BCUT2D eigenvalue weighted by molar-refractivity contribution is 0.0664. The predicted octanol–water partition coefficient (Wildman–Crippen LogP) is 2.49. The van der Waals surface area contributed by atoms with Crippen LogP contribution in [0.15, 0.2) is 42.5 Å². The molecule has 3 heterocycles. The van der Waals surface area contributed by atoms with E-state index >= 15 is 0 Å². The van der Waals surface area contributed by atoms with Gasteiger partial charge < -0.3 is 14.8 Å². The van der Waals surface area contributed by atoms with Crippen LogP contribution < -0.4 is 0 Å². The predicted molar refractivity (Wildman–Crippen MR) is 105 cm³/mol. The van der Waals surface area contributed by atoms with Gasteiger partial charge in [-0.15, -0.1) is 0 Å². The van der Waals surface area contributed by atoms with E-state index in [9.17, 15) is 4.79 Å². The Bertz CT molecular complexity index is 1100. The molecule has 0 radical (unpaired) electrons. The highest BCUT2D eigenvalue weighted by Crippen LogP contribution is 2.27. The van der Waals surface area contributed by atoms with Crippen LogP contribution in [0.3, 0.4) is 0 Å². The van der Waals surface area contributed by atoms with Gasteiger partial charge in [-0.1, -0.05) is 12.1 Å². The SMILES string of the molecule is CN1CCN(C(=O)c2ccc3c(-c4nc5ccccc5[nH]4)n[nH]c3c2)CC1. The summed E-state index contributed by atoms with van der Waals surface area (Å²) in [6, 6.07) is 13.6. The minimum Gasteiger partial charge on any atom is -0.337 e. The molecule has 1 amide bonds. The standard InChI is InChI=1S/C20H20N6O/c1-25-8-10-26(11-9-25)20(27)13-6-7-14-17(12-13)23-24-18(14)19-21-15-4-2-3-5-16(15)22-19/h2-7,12H,8-11H2,1H3,(H,21,22)(H,23,24). The van der Waals surface area contributed by atoms with Crippen LogP contribution in [0.25, 0.3) is 33.5 Å². The second-order valence-corrected chi connectivity index (χ2v) is 7.03. The molecule has 5 rings (SSSR count). The number of nitrogens with zero attached hydrogens (tertiary/aromatic N) is 4. The minimum absolute atomic E-state index is 0.0740. The summed E-state index contributed by atoms with van der Waals surface area (Å²) >= 11 is 0. The van der Waals surface area contributed by atoms with Crippen LogP contribution in [0, 0.1) is 0 Å². The number of hydrogen-bond acceptors (Lipinski definition) is 4. The van der Waals surface area contributed by atoms with Crippen LogP contribution in [-0.2, 0) is 0 Å². The van der Waals surface area contributed by atoms with Gasteiger partial charge in [-0.2, -0.15) is 5.10 Å². The molecule has 7 heteroatoms. The third-order valence-corrected chi connectivity index (χ3v) is 5.21. The molecule has 0 spiro atoms. The van der Waals surface area contributed by atoms with Crippen molar-refractivity contribution in [3.05, 3.63) is 48.0 Å². The van der Waals surface area contributed by atoms with E-state index in [4.69, 9.17) is 0 Å². The topological polar surface area (TPSA) is 80.9 Å². The fourth-order valence-electron chi connectivity index (χ4n) is 3.59. The van der Waals surface area contributed by atoms with E-state index in [1.807, 2.05) is 47.4 Å². The molecule has 1 aliphatic heterocycles. The number of piperazine rings is 1. The minimum atomic E-state index is 0.0740. The molecule has 136 valence electrons. The lowest BCUT2D eigenvalue weighted by Gasteiger charge is -2.32. The zero-order valence-electron chi connectivity index (χ0n) is 15.1. The summed E-state index contributed by atoms with van der Waals surface area (Å²) in [5, 5.41) is 8.43. The van der Waals surface area contributed by atoms with Crippen molar-refractivity contribution in [2.24, 2.45) is 0 Å². The Labute approximate surface area is 156 Å². The number of carbonyl (C=O) groups excluding carboxylic acids is 1. The number of likely N-dealkylation sites (N-methyl/N-ethyl adjacent to an activating group) is 1. The summed E-state index contributed by atoms with van der Waals surface area (Å²) in [7, 11) is 2.08. The first-order chi connectivity index (χ1) is 13.2. The van der Waals surface area contributed by atoms with Crippen LogP contribution in [0.5, 0.6) is 0 Å². The fourth-order valence-corrected chi connectivity index (χ4v) is 3.59. The van der Waals surface area contributed by atoms with E-state index < -0.39 is 0 Å². The van der Waals surface area contributed by atoms with Crippen molar-refractivity contribution >= 4 is 27.8 Å². The normalized spacial score (nSPS) is 15.7. The summed E-state index contributed by atoms with van der Waals surface area (Å²) in [6.45, 7) is 3.35. The molecule has 4 aromatic rings. The summed E-state index contributed by atoms with van der Waals surface area (Å²) in [4.78, 5) is 24.9. The van der Waals surface area contributed by atoms with Crippen molar-refractivity contribution in [1.29, 1.82) is 0 Å². The number of aromatic nitrogens is 4. The lowest BCUT2D eigenvalue weighted by atomic mass is 10.1. The first-order valence-corrected chi connectivity index (χ1v) is 9.10. The van der Waals surface area contributed by atoms with Crippen molar-refractivity contribution in [3.8, 4) is 11.5 Å². The number of benzene rings is 2. The Morgan fingerprint density at radius 2 is 1.85 bits per heavy atom. The molecule has 1 aliphatic rings. The van der Waals surface area contributed by atoms with Gasteiger partial charge in [0.1, 0.15) is 5.69 Å². The number of carbonyl (C=O) groups is 1. The fraction of sp³-hybridized carbons (Fsp3) is 0.250. The first-order valence-electron chi connectivity index (χ1n) is 9.10. The lowest BCUT2D eigenvalue weighted by Crippen LogP contribution is -2.47. The highest BCUT2D eigenvalue weighted by molar-refractivity contribution is 6.00. The van der Waals surface area contributed by atoms with Gasteiger partial charge in [0.2, 0.25) is 0 Å². The Morgan fingerprint density at radius 3 is 2.67 bits per heavy atom. The van der Waals surface area contributed by atoms with Gasteiger partial charge in [0.25, 0.3) is 5.91 Å². The molecule has 0 aliphatic carbocycles. The zero-order chi connectivity index (χ0) is 18.4.